The third-order valence-electron chi connectivity index (χ3n) is 2.92. The molecule has 0 aliphatic heterocycles. The van der Waals surface area contributed by atoms with Crippen LogP contribution in [0.5, 0.6) is 0 Å². The van der Waals surface area contributed by atoms with Crippen LogP contribution in [0.3, 0.4) is 0 Å². The highest BCUT2D eigenvalue weighted by molar-refractivity contribution is 9.10. The summed E-state index contributed by atoms with van der Waals surface area (Å²) in [5.41, 5.74) is -0.341. The van der Waals surface area contributed by atoms with E-state index < -0.39 is 11.5 Å². The van der Waals surface area contributed by atoms with Crippen molar-refractivity contribution in [1.82, 2.24) is 5.32 Å². The molecule has 1 rings (SSSR count). The van der Waals surface area contributed by atoms with E-state index in [2.05, 4.69) is 21.2 Å². The average molecular weight is 328 g/mol. The monoisotopic (exact) mass is 327 g/mol. The van der Waals surface area contributed by atoms with Crippen LogP contribution < -0.4 is 5.32 Å². The van der Waals surface area contributed by atoms with Crippen molar-refractivity contribution in [3.8, 4) is 0 Å². The van der Waals surface area contributed by atoms with Crippen LogP contribution >= 0.6 is 15.9 Å². The van der Waals surface area contributed by atoms with Crippen molar-refractivity contribution in [2.75, 3.05) is 0 Å². The highest BCUT2D eigenvalue weighted by atomic mass is 79.9. The zero-order valence-electron chi connectivity index (χ0n) is 11.1. The molecule has 0 aromatic heterocycles. The van der Waals surface area contributed by atoms with E-state index in [4.69, 9.17) is 0 Å². The topological polar surface area (TPSA) is 66.4 Å². The van der Waals surface area contributed by atoms with Crippen LogP contribution in [0.2, 0.25) is 0 Å². The number of benzene rings is 1. The van der Waals surface area contributed by atoms with E-state index in [1.807, 2.05) is 31.2 Å². The molecule has 1 amide bonds. The lowest BCUT2D eigenvalue weighted by Crippen LogP contribution is -2.52. The number of carboxylic acids is 1. The van der Waals surface area contributed by atoms with Crippen LogP contribution in [-0.2, 0) is 16.0 Å². The molecule has 0 saturated heterocycles. The van der Waals surface area contributed by atoms with E-state index in [0.29, 0.717) is 12.8 Å². The third-order valence-corrected chi connectivity index (χ3v) is 3.44. The van der Waals surface area contributed by atoms with Gasteiger partial charge in [0.1, 0.15) is 5.54 Å². The molecule has 0 saturated carbocycles. The van der Waals surface area contributed by atoms with Crippen molar-refractivity contribution in [2.24, 2.45) is 0 Å². The van der Waals surface area contributed by atoms with Crippen molar-refractivity contribution < 1.29 is 14.7 Å². The molecule has 0 fully saturated rings. The van der Waals surface area contributed by atoms with E-state index >= 15 is 0 Å². The van der Waals surface area contributed by atoms with Gasteiger partial charge in [0.2, 0.25) is 5.91 Å². The van der Waals surface area contributed by atoms with Gasteiger partial charge in [0.25, 0.3) is 0 Å². The van der Waals surface area contributed by atoms with E-state index in [0.717, 1.165) is 10.0 Å². The Hall–Kier alpha value is -1.36. The predicted molar refractivity (Wildman–Crippen MR) is 76.9 cm³/mol. The Balaban J connectivity index is 2.68. The second-order valence-corrected chi connectivity index (χ2v) is 5.65. The molecule has 0 aliphatic carbocycles. The Morgan fingerprint density at radius 2 is 1.89 bits per heavy atom. The Kier molecular flexibility index (Phi) is 5.54. The molecule has 5 heteroatoms. The van der Waals surface area contributed by atoms with Gasteiger partial charge >= 0.3 is 5.97 Å². The highest BCUT2D eigenvalue weighted by Gasteiger charge is 2.33. The van der Waals surface area contributed by atoms with Gasteiger partial charge in [-0.25, -0.2) is 4.79 Å². The summed E-state index contributed by atoms with van der Waals surface area (Å²) < 4.78 is 0.943. The van der Waals surface area contributed by atoms with E-state index in [1.54, 1.807) is 0 Å². The zero-order chi connectivity index (χ0) is 14.5. The molecule has 0 bridgehead atoms. The summed E-state index contributed by atoms with van der Waals surface area (Å²) in [5, 5.41) is 11.8. The van der Waals surface area contributed by atoms with Gasteiger partial charge in [0, 0.05) is 4.47 Å². The van der Waals surface area contributed by atoms with Gasteiger partial charge in [0.15, 0.2) is 0 Å². The van der Waals surface area contributed by atoms with Crippen molar-refractivity contribution in [2.45, 2.75) is 38.6 Å². The van der Waals surface area contributed by atoms with Gasteiger partial charge in [-0.2, -0.15) is 0 Å². The molecular weight excluding hydrogens is 310 g/mol. The lowest BCUT2D eigenvalue weighted by atomic mass is 9.96. The number of aliphatic carboxylic acids is 1. The van der Waals surface area contributed by atoms with Crippen LogP contribution in [-0.4, -0.2) is 22.5 Å². The van der Waals surface area contributed by atoms with Gasteiger partial charge in [-0.1, -0.05) is 41.4 Å². The lowest BCUT2D eigenvalue weighted by Gasteiger charge is -2.25. The Morgan fingerprint density at radius 1 is 1.32 bits per heavy atom. The average Bonchev–Trinajstić information content (AvgIpc) is 2.32. The highest BCUT2D eigenvalue weighted by Crippen LogP contribution is 2.14. The molecule has 104 valence electrons. The molecular formula is C14H18BrNO3. The first-order valence-corrected chi connectivity index (χ1v) is 6.95. The number of carboxylic acid groups (broad SMARTS) is 1. The van der Waals surface area contributed by atoms with Crippen LogP contribution in [0.15, 0.2) is 28.7 Å². The summed E-state index contributed by atoms with van der Waals surface area (Å²) in [6.45, 7) is 3.43. The first-order valence-electron chi connectivity index (χ1n) is 6.16. The van der Waals surface area contributed by atoms with Crippen molar-refractivity contribution in [1.29, 1.82) is 0 Å². The lowest BCUT2D eigenvalue weighted by molar-refractivity contribution is -0.147. The molecule has 4 nitrogen and oxygen atoms in total. The zero-order valence-corrected chi connectivity index (χ0v) is 12.7. The number of hydrogen-bond donors (Lipinski definition) is 2. The van der Waals surface area contributed by atoms with Crippen molar-refractivity contribution in [3.63, 3.8) is 0 Å². The number of hydrogen-bond acceptors (Lipinski definition) is 2. The van der Waals surface area contributed by atoms with E-state index in [9.17, 15) is 14.7 Å². The Morgan fingerprint density at radius 3 is 2.37 bits per heavy atom. The molecule has 1 atom stereocenters. The molecule has 0 spiro atoms. The number of carbonyl (C=O) groups is 2. The van der Waals surface area contributed by atoms with Crippen molar-refractivity contribution >= 4 is 27.8 Å². The van der Waals surface area contributed by atoms with Gasteiger partial charge in [-0.3, -0.25) is 4.79 Å². The Bertz CT molecular complexity index is 458. The number of amides is 1. The van der Waals surface area contributed by atoms with Crippen molar-refractivity contribution in [3.05, 3.63) is 34.3 Å². The van der Waals surface area contributed by atoms with Crippen LogP contribution in [0.4, 0.5) is 0 Å². The fourth-order valence-corrected chi connectivity index (χ4v) is 2.13. The summed E-state index contributed by atoms with van der Waals surface area (Å²) in [5.74, 6) is -1.28. The molecule has 1 unspecified atom stereocenters. The number of halogens is 1. The minimum Gasteiger partial charge on any atom is -0.480 e. The third kappa shape index (κ3) is 4.67. The number of nitrogens with one attached hydrogen (secondary N) is 1. The summed E-state index contributed by atoms with van der Waals surface area (Å²) in [6, 6.07) is 7.37. The molecule has 1 aromatic rings. The predicted octanol–water partition coefficient (Wildman–Crippen LogP) is 2.75. The van der Waals surface area contributed by atoms with Gasteiger partial charge < -0.3 is 10.4 Å². The minimum absolute atomic E-state index is 0.180. The maximum Gasteiger partial charge on any atom is 0.329 e. The maximum atomic E-state index is 11.9. The normalized spacial score (nSPS) is 13.6. The fourth-order valence-electron chi connectivity index (χ4n) is 1.86. The minimum atomic E-state index is -1.19. The van der Waals surface area contributed by atoms with E-state index in [1.165, 1.54) is 6.92 Å². The van der Waals surface area contributed by atoms with Gasteiger partial charge in [-0.15, -0.1) is 0 Å². The second-order valence-electron chi connectivity index (χ2n) is 4.74. The largest absolute Gasteiger partial charge is 0.480 e. The van der Waals surface area contributed by atoms with Crippen LogP contribution in [0.25, 0.3) is 0 Å². The summed E-state index contributed by atoms with van der Waals surface area (Å²) in [4.78, 5) is 23.1. The molecule has 0 aliphatic rings. The van der Waals surface area contributed by atoms with Crippen LogP contribution in [0.1, 0.15) is 32.3 Å². The maximum absolute atomic E-state index is 11.9. The van der Waals surface area contributed by atoms with Gasteiger partial charge in [-0.05, 0) is 31.0 Å². The second kappa shape index (κ2) is 6.70. The quantitative estimate of drug-likeness (QED) is 0.844. The van der Waals surface area contributed by atoms with E-state index in [-0.39, 0.29) is 12.3 Å². The molecule has 0 radical (unpaired) electrons. The summed E-state index contributed by atoms with van der Waals surface area (Å²) in [6.07, 6.45) is 1.29. The first kappa shape index (κ1) is 15.7. The molecule has 0 heterocycles. The van der Waals surface area contributed by atoms with Gasteiger partial charge in [0.05, 0.1) is 6.42 Å². The fraction of sp³-hybridized carbons (Fsp3) is 0.429. The smallest absolute Gasteiger partial charge is 0.329 e. The number of rotatable bonds is 6. The first-order chi connectivity index (χ1) is 8.87. The Labute approximate surface area is 121 Å². The van der Waals surface area contributed by atoms with Crippen LogP contribution in [0, 0.1) is 0 Å². The standard InChI is InChI=1S/C14H18BrNO3/c1-3-8-14(2,13(18)19)16-12(17)9-10-4-6-11(15)7-5-10/h4-7H,3,8-9H2,1-2H3,(H,16,17)(H,18,19). The summed E-state index contributed by atoms with van der Waals surface area (Å²) >= 11 is 3.32. The SMILES string of the molecule is CCCC(C)(NC(=O)Cc1ccc(Br)cc1)C(=O)O. The molecule has 1 aromatic carbocycles. The summed E-state index contributed by atoms with van der Waals surface area (Å²) in [7, 11) is 0. The molecule has 19 heavy (non-hydrogen) atoms. The number of carbonyl (C=O) groups excluding carboxylic acids is 1. The molecule has 2 N–H and O–H groups in total.